The fraction of sp³-hybridized carbons (Fsp3) is 0.174. The van der Waals surface area contributed by atoms with Crippen molar-refractivity contribution in [3.63, 3.8) is 0 Å². The Bertz CT molecular complexity index is 982. The molecule has 2 N–H and O–H groups in total. The third kappa shape index (κ3) is 4.41. The van der Waals surface area contributed by atoms with Gasteiger partial charge in [-0.05, 0) is 49.2 Å². The highest BCUT2D eigenvalue weighted by Crippen LogP contribution is 2.18. The summed E-state index contributed by atoms with van der Waals surface area (Å²) < 4.78 is 3.88. The number of rotatable bonds is 6. The van der Waals surface area contributed by atoms with Crippen molar-refractivity contribution in [1.82, 2.24) is 29.7 Å². The highest BCUT2D eigenvalue weighted by molar-refractivity contribution is 5.75. The molecule has 0 saturated carbocycles. The zero-order chi connectivity index (χ0) is 20.9. The molecular formula is C23H24N6O. The first-order valence-corrected chi connectivity index (χ1v) is 9.84. The van der Waals surface area contributed by atoms with Crippen LogP contribution in [0.2, 0.25) is 0 Å². The Morgan fingerprint density at radius 2 is 1.13 bits per heavy atom. The fourth-order valence-electron chi connectivity index (χ4n) is 3.30. The van der Waals surface area contributed by atoms with E-state index in [1.165, 1.54) is 0 Å². The molecule has 2 heterocycles. The lowest BCUT2D eigenvalue weighted by Crippen LogP contribution is -2.38. The molecular weight excluding hydrogens is 376 g/mol. The lowest BCUT2D eigenvalue weighted by atomic mass is 10.1. The maximum atomic E-state index is 12.5. The smallest absolute Gasteiger partial charge is 0.315 e. The van der Waals surface area contributed by atoms with Crippen LogP contribution < -0.4 is 10.6 Å². The fourth-order valence-corrected chi connectivity index (χ4v) is 3.30. The van der Waals surface area contributed by atoms with Crippen LogP contribution in [0.4, 0.5) is 4.79 Å². The Hall–Kier alpha value is -3.87. The number of nitrogens with zero attached hydrogens (tertiary/aromatic N) is 4. The largest absolute Gasteiger partial charge is 0.332 e. The Labute approximate surface area is 175 Å². The van der Waals surface area contributed by atoms with Crippen molar-refractivity contribution in [2.24, 2.45) is 0 Å². The van der Waals surface area contributed by atoms with E-state index < -0.39 is 0 Å². The number of imidazole rings is 2. The van der Waals surface area contributed by atoms with E-state index in [1.54, 1.807) is 25.0 Å². The van der Waals surface area contributed by atoms with E-state index in [1.807, 2.05) is 83.9 Å². The molecule has 2 unspecified atom stereocenters. The molecule has 4 aromatic rings. The summed E-state index contributed by atoms with van der Waals surface area (Å²) in [6.07, 6.45) is 10.8. The molecule has 0 saturated heterocycles. The maximum absolute atomic E-state index is 12.5. The lowest BCUT2D eigenvalue weighted by molar-refractivity contribution is 0.235. The zero-order valence-electron chi connectivity index (χ0n) is 16.9. The summed E-state index contributed by atoms with van der Waals surface area (Å²) in [5.41, 5.74) is 4.12. The molecule has 2 aromatic carbocycles. The number of hydrogen-bond acceptors (Lipinski definition) is 3. The van der Waals surface area contributed by atoms with Crippen LogP contribution in [0.3, 0.4) is 0 Å². The van der Waals surface area contributed by atoms with Crippen LogP contribution in [-0.4, -0.2) is 25.1 Å². The van der Waals surface area contributed by atoms with Crippen LogP contribution in [0, 0.1) is 0 Å². The summed E-state index contributed by atoms with van der Waals surface area (Å²) >= 11 is 0. The molecule has 2 aromatic heterocycles. The Morgan fingerprint density at radius 3 is 1.47 bits per heavy atom. The number of urea groups is 1. The second-order valence-electron chi connectivity index (χ2n) is 7.18. The first kappa shape index (κ1) is 19.4. The van der Waals surface area contributed by atoms with Crippen LogP contribution in [0.1, 0.15) is 37.1 Å². The van der Waals surface area contributed by atoms with E-state index in [0.29, 0.717) is 0 Å². The predicted molar refractivity (Wildman–Crippen MR) is 116 cm³/mol. The standard InChI is InChI=1S/C23H24N6O/c1-17(19-3-7-21(8-4-19)28-13-11-24-15-28)26-23(30)27-18(2)20-5-9-22(10-6-20)29-14-12-25-16-29/h3-18H,1-2H3,(H2,26,27,30). The number of carbonyl (C=O) groups excluding carboxylic acids is 1. The van der Waals surface area contributed by atoms with Crippen molar-refractivity contribution in [3.8, 4) is 11.4 Å². The first-order valence-electron chi connectivity index (χ1n) is 9.84. The van der Waals surface area contributed by atoms with Gasteiger partial charge in [0.2, 0.25) is 0 Å². The number of amides is 2. The first-order chi connectivity index (χ1) is 14.6. The molecule has 7 heteroatoms. The van der Waals surface area contributed by atoms with Gasteiger partial charge in [-0.1, -0.05) is 24.3 Å². The number of hydrogen-bond donors (Lipinski definition) is 2. The number of carbonyl (C=O) groups is 1. The van der Waals surface area contributed by atoms with Crippen molar-refractivity contribution in [2.75, 3.05) is 0 Å². The molecule has 0 aliphatic heterocycles. The quantitative estimate of drug-likeness (QED) is 0.510. The Kier molecular flexibility index (Phi) is 5.61. The molecule has 2 atom stereocenters. The van der Waals surface area contributed by atoms with E-state index in [0.717, 1.165) is 22.5 Å². The van der Waals surface area contributed by atoms with Gasteiger partial charge in [0.05, 0.1) is 24.7 Å². The van der Waals surface area contributed by atoms with E-state index in [2.05, 4.69) is 20.6 Å². The van der Waals surface area contributed by atoms with Gasteiger partial charge in [-0.3, -0.25) is 0 Å². The molecule has 0 aliphatic rings. The van der Waals surface area contributed by atoms with Crippen molar-refractivity contribution < 1.29 is 4.79 Å². The zero-order valence-corrected chi connectivity index (χ0v) is 16.9. The SMILES string of the molecule is CC(NC(=O)NC(C)c1ccc(-n2ccnc2)cc1)c1ccc(-n2ccnc2)cc1. The monoisotopic (exact) mass is 400 g/mol. The summed E-state index contributed by atoms with van der Waals surface area (Å²) in [6.45, 7) is 3.94. The van der Waals surface area contributed by atoms with Gasteiger partial charge in [-0.15, -0.1) is 0 Å². The molecule has 30 heavy (non-hydrogen) atoms. The van der Waals surface area contributed by atoms with Gasteiger partial charge >= 0.3 is 6.03 Å². The van der Waals surface area contributed by atoms with Crippen molar-refractivity contribution in [3.05, 3.63) is 97.1 Å². The summed E-state index contributed by atoms with van der Waals surface area (Å²) in [6, 6.07) is 15.7. The molecule has 2 amide bonds. The summed E-state index contributed by atoms with van der Waals surface area (Å²) in [5, 5.41) is 6.01. The number of aromatic nitrogens is 4. The summed E-state index contributed by atoms with van der Waals surface area (Å²) in [5.74, 6) is 0. The minimum atomic E-state index is -0.202. The predicted octanol–water partition coefficient (Wildman–Crippen LogP) is 4.18. The maximum Gasteiger partial charge on any atom is 0.315 e. The van der Waals surface area contributed by atoms with Gasteiger partial charge in [-0.25, -0.2) is 14.8 Å². The van der Waals surface area contributed by atoms with Crippen LogP contribution in [0.15, 0.2) is 86.0 Å². The molecule has 4 rings (SSSR count). The van der Waals surface area contributed by atoms with Gasteiger partial charge in [0.15, 0.2) is 0 Å². The average molecular weight is 400 g/mol. The van der Waals surface area contributed by atoms with E-state index >= 15 is 0 Å². The minimum Gasteiger partial charge on any atom is -0.332 e. The highest BCUT2D eigenvalue weighted by Gasteiger charge is 2.13. The molecule has 0 aliphatic carbocycles. The average Bonchev–Trinajstić information content (AvgIpc) is 3.48. The highest BCUT2D eigenvalue weighted by atomic mass is 16.2. The van der Waals surface area contributed by atoms with Crippen LogP contribution >= 0.6 is 0 Å². The van der Waals surface area contributed by atoms with Gasteiger partial charge in [0.1, 0.15) is 0 Å². The Morgan fingerprint density at radius 1 is 0.733 bits per heavy atom. The second kappa shape index (κ2) is 8.65. The van der Waals surface area contributed by atoms with Crippen molar-refractivity contribution in [2.45, 2.75) is 25.9 Å². The van der Waals surface area contributed by atoms with E-state index in [4.69, 9.17) is 0 Å². The normalized spacial score (nSPS) is 12.9. The van der Waals surface area contributed by atoms with Crippen molar-refractivity contribution >= 4 is 6.03 Å². The van der Waals surface area contributed by atoms with Gasteiger partial charge in [0, 0.05) is 36.2 Å². The van der Waals surface area contributed by atoms with Crippen LogP contribution in [0.5, 0.6) is 0 Å². The topological polar surface area (TPSA) is 76.8 Å². The second-order valence-corrected chi connectivity index (χ2v) is 7.18. The Balaban J connectivity index is 1.33. The van der Waals surface area contributed by atoms with Gasteiger partial charge < -0.3 is 19.8 Å². The van der Waals surface area contributed by atoms with E-state index in [9.17, 15) is 4.79 Å². The van der Waals surface area contributed by atoms with Gasteiger partial charge in [0.25, 0.3) is 0 Å². The van der Waals surface area contributed by atoms with Gasteiger partial charge in [-0.2, -0.15) is 0 Å². The molecule has 152 valence electrons. The van der Waals surface area contributed by atoms with E-state index in [-0.39, 0.29) is 18.1 Å². The van der Waals surface area contributed by atoms with Crippen LogP contribution in [-0.2, 0) is 0 Å². The summed E-state index contributed by atoms with van der Waals surface area (Å²) in [7, 11) is 0. The molecule has 0 fully saturated rings. The van der Waals surface area contributed by atoms with Crippen LogP contribution in [0.25, 0.3) is 11.4 Å². The molecule has 0 spiro atoms. The third-order valence-electron chi connectivity index (χ3n) is 5.09. The third-order valence-corrected chi connectivity index (χ3v) is 5.09. The number of nitrogens with one attached hydrogen (secondary N) is 2. The molecule has 7 nitrogen and oxygen atoms in total. The molecule has 0 bridgehead atoms. The lowest BCUT2D eigenvalue weighted by Gasteiger charge is -2.19. The summed E-state index contributed by atoms with van der Waals surface area (Å²) in [4.78, 5) is 20.6. The molecule has 0 radical (unpaired) electrons. The number of benzene rings is 2. The van der Waals surface area contributed by atoms with Crippen molar-refractivity contribution in [1.29, 1.82) is 0 Å². The minimum absolute atomic E-state index is 0.113.